The summed E-state index contributed by atoms with van der Waals surface area (Å²) in [6.45, 7) is 2.30. The van der Waals surface area contributed by atoms with Gasteiger partial charge in [0, 0.05) is 19.3 Å². The Labute approximate surface area is 85.7 Å². The fourth-order valence-electron chi connectivity index (χ4n) is 2.20. The molecule has 76 valence electrons. The van der Waals surface area contributed by atoms with E-state index in [-0.39, 0.29) is 0 Å². The van der Waals surface area contributed by atoms with Crippen LogP contribution >= 0.6 is 0 Å². The normalized spacial score (nSPS) is 21.9. The highest BCUT2D eigenvalue weighted by atomic mass is 14.9. The molecule has 0 amide bonds. The summed E-state index contributed by atoms with van der Waals surface area (Å²) >= 11 is 0. The lowest BCUT2D eigenvalue weighted by atomic mass is 9.90. The molecule has 0 radical (unpaired) electrons. The van der Waals surface area contributed by atoms with Crippen LogP contribution in [0.1, 0.15) is 24.3 Å². The van der Waals surface area contributed by atoms with Crippen LogP contribution in [0.5, 0.6) is 0 Å². The van der Waals surface area contributed by atoms with Crippen LogP contribution in [0.25, 0.3) is 0 Å². The zero-order valence-corrected chi connectivity index (χ0v) is 8.72. The summed E-state index contributed by atoms with van der Waals surface area (Å²) in [6.07, 6.45) is 2.61. The highest BCUT2D eigenvalue weighted by Gasteiger charge is 2.16. The van der Waals surface area contributed by atoms with Gasteiger partial charge in [-0.1, -0.05) is 18.2 Å². The first-order valence-electron chi connectivity index (χ1n) is 5.39. The van der Waals surface area contributed by atoms with Crippen LogP contribution < -0.4 is 10.6 Å². The maximum atomic E-state index is 3.46. The van der Waals surface area contributed by atoms with E-state index < -0.39 is 0 Å². The second-order valence-electron chi connectivity index (χ2n) is 3.88. The molecule has 14 heavy (non-hydrogen) atoms. The third kappa shape index (κ3) is 1.90. The van der Waals surface area contributed by atoms with Gasteiger partial charge in [0.25, 0.3) is 0 Å². The molecule has 2 heteroatoms. The molecule has 1 aromatic rings. The van der Waals surface area contributed by atoms with E-state index >= 15 is 0 Å². The van der Waals surface area contributed by atoms with Crippen LogP contribution in [0.2, 0.25) is 0 Å². The third-order valence-corrected chi connectivity index (χ3v) is 2.97. The molecule has 0 spiro atoms. The fourth-order valence-corrected chi connectivity index (χ4v) is 2.20. The number of para-hydroxylation sites is 1. The molecule has 1 saturated heterocycles. The first-order valence-corrected chi connectivity index (χ1v) is 5.39. The van der Waals surface area contributed by atoms with Crippen molar-refractivity contribution in [2.24, 2.45) is 0 Å². The summed E-state index contributed by atoms with van der Waals surface area (Å²) in [5.74, 6) is 0.687. The van der Waals surface area contributed by atoms with Gasteiger partial charge in [-0.05, 0) is 36.9 Å². The Balaban J connectivity index is 2.20. The molecule has 1 aliphatic rings. The van der Waals surface area contributed by atoms with Gasteiger partial charge in [-0.2, -0.15) is 0 Å². The molecule has 0 aromatic heterocycles. The van der Waals surface area contributed by atoms with E-state index in [1.54, 1.807) is 0 Å². The van der Waals surface area contributed by atoms with Gasteiger partial charge in [-0.3, -0.25) is 0 Å². The minimum Gasteiger partial charge on any atom is -0.388 e. The first kappa shape index (κ1) is 9.53. The Morgan fingerprint density at radius 2 is 2.21 bits per heavy atom. The lowest BCUT2D eigenvalue weighted by Crippen LogP contribution is -2.28. The van der Waals surface area contributed by atoms with E-state index in [0.717, 1.165) is 6.54 Å². The predicted octanol–water partition coefficient (Wildman–Crippen LogP) is 2.20. The van der Waals surface area contributed by atoms with Gasteiger partial charge in [0.15, 0.2) is 0 Å². The van der Waals surface area contributed by atoms with Crippen molar-refractivity contribution in [3.8, 4) is 0 Å². The van der Waals surface area contributed by atoms with Gasteiger partial charge in [0.05, 0.1) is 0 Å². The lowest BCUT2D eigenvalue weighted by molar-refractivity contribution is 0.462. The molecule has 2 N–H and O–H groups in total. The van der Waals surface area contributed by atoms with Crippen molar-refractivity contribution >= 4 is 5.69 Å². The van der Waals surface area contributed by atoms with Crippen LogP contribution in [0.3, 0.4) is 0 Å². The molecule has 1 heterocycles. The Hall–Kier alpha value is -1.02. The number of rotatable bonds is 2. The van der Waals surface area contributed by atoms with Crippen LogP contribution in [-0.2, 0) is 0 Å². The maximum Gasteiger partial charge on any atom is 0.0373 e. The number of nitrogens with one attached hydrogen (secondary N) is 2. The molecule has 1 aromatic carbocycles. The van der Waals surface area contributed by atoms with Crippen molar-refractivity contribution in [2.45, 2.75) is 18.8 Å². The summed E-state index contributed by atoms with van der Waals surface area (Å²) < 4.78 is 0. The van der Waals surface area contributed by atoms with Crippen molar-refractivity contribution in [3.63, 3.8) is 0 Å². The minimum absolute atomic E-state index is 0.687. The van der Waals surface area contributed by atoms with Crippen molar-refractivity contribution in [3.05, 3.63) is 29.8 Å². The van der Waals surface area contributed by atoms with E-state index in [4.69, 9.17) is 0 Å². The van der Waals surface area contributed by atoms with E-state index in [9.17, 15) is 0 Å². The van der Waals surface area contributed by atoms with Gasteiger partial charge < -0.3 is 10.6 Å². The van der Waals surface area contributed by atoms with Gasteiger partial charge in [0.2, 0.25) is 0 Å². The number of anilines is 1. The lowest BCUT2D eigenvalue weighted by Gasteiger charge is -2.25. The summed E-state index contributed by atoms with van der Waals surface area (Å²) in [6, 6.07) is 8.61. The highest BCUT2D eigenvalue weighted by Crippen LogP contribution is 2.28. The Morgan fingerprint density at radius 1 is 1.36 bits per heavy atom. The van der Waals surface area contributed by atoms with Gasteiger partial charge in [-0.25, -0.2) is 0 Å². The average molecular weight is 190 g/mol. The molecule has 0 bridgehead atoms. The van der Waals surface area contributed by atoms with Gasteiger partial charge >= 0.3 is 0 Å². The molecule has 1 unspecified atom stereocenters. The molecular formula is C12H18N2. The Bertz CT molecular complexity index is 290. The Morgan fingerprint density at radius 3 is 2.93 bits per heavy atom. The molecule has 2 nitrogen and oxygen atoms in total. The zero-order valence-electron chi connectivity index (χ0n) is 8.72. The molecule has 1 aliphatic heterocycles. The van der Waals surface area contributed by atoms with Crippen molar-refractivity contribution in [2.75, 3.05) is 25.5 Å². The maximum absolute atomic E-state index is 3.46. The summed E-state index contributed by atoms with van der Waals surface area (Å²) in [5, 5.41) is 6.72. The molecular weight excluding hydrogens is 172 g/mol. The smallest absolute Gasteiger partial charge is 0.0373 e. The average Bonchev–Trinajstić information content (AvgIpc) is 2.30. The molecule has 0 saturated carbocycles. The minimum atomic E-state index is 0.687. The standard InChI is InChI=1S/C12H18N2/c1-13-12-7-3-2-6-11(12)10-5-4-8-14-9-10/h2-3,6-7,10,13-14H,4-5,8-9H2,1H3. The van der Waals surface area contributed by atoms with Gasteiger partial charge in [-0.15, -0.1) is 0 Å². The second kappa shape index (κ2) is 4.47. The summed E-state index contributed by atoms with van der Waals surface area (Å²) in [4.78, 5) is 0. The number of hydrogen-bond acceptors (Lipinski definition) is 2. The molecule has 1 fully saturated rings. The van der Waals surface area contributed by atoms with Crippen molar-refractivity contribution in [1.82, 2.24) is 5.32 Å². The van der Waals surface area contributed by atoms with E-state index in [1.165, 1.54) is 30.6 Å². The quantitative estimate of drug-likeness (QED) is 0.747. The fraction of sp³-hybridized carbons (Fsp3) is 0.500. The van der Waals surface area contributed by atoms with Gasteiger partial charge in [0.1, 0.15) is 0 Å². The van der Waals surface area contributed by atoms with Crippen molar-refractivity contribution < 1.29 is 0 Å². The summed E-state index contributed by atoms with van der Waals surface area (Å²) in [7, 11) is 2.00. The molecule has 0 aliphatic carbocycles. The van der Waals surface area contributed by atoms with E-state index in [1.807, 2.05) is 7.05 Å². The largest absolute Gasteiger partial charge is 0.388 e. The topological polar surface area (TPSA) is 24.1 Å². The number of hydrogen-bond donors (Lipinski definition) is 2. The van der Waals surface area contributed by atoms with Crippen LogP contribution in [0.15, 0.2) is 24.3 Å². The number of benzene rings is 1. The number of piperidine rings is 1. The Kier molecular flexibility index (Phi) is 3.04. The van der Waals surface area contributed by atoms with E-state index in [2.05, 4.69) is 34.9 Å². The molecule has 2 rings (SSSR count). The van der Waals surface area contributed by atoms with Crippen LogP contribution in [0.4, 0.5) is 5.69 Å². The predicted molar refractivity (Wildman–Crippen MR) is 60.8 cm³/mol. The van der Waals surface area contributed by atoms with Crippen LogP contribution in [-0.4, -0.2) is 20.1 Å². The van der Waals surface area contributed by atoms with Crippen molar-refractivity contribution in [1.29, 1.82) is 0 Å². The third-order valence-electron chi connectivity index (χ3n) is 2.97. The highest BCUT2D eigenvalue weighted by molar-refractivity contribution is 5.52. The first-order chi connectivity index (χ1) is 6.92. The summed E-state index contributed by atoms with van der Waals surface area (Å²) in [5.41, 5.74) is 2.74. The zero-order chi connectivity index (χ0) is 9.80. The molecule has 1 atom stereocenters. The second-order valence-corrected chi connectivity index (χ2v) is 3.88. The monoisotopic (exact) mass is 190 g/mol. The van der Waals surface area contributed by atoms with Crippen LogP contribution in [0, 0.1) is 0 Å². The van der Waals surface area contributed by atoms with E-state index in [0.29, 0.717) is 5.92 Å². The SMILES string of the molecule is CNc1ccccc1C1CCCNC1.